The van der Waals surface area contributed by atoms with Crippen molar-refractivity contribution in [1.82, 2.24) is 0 Å². The average Bonchev–Trinajstić information content (AvgIpc) is 2.51. The van der Waals surface area contributed by atoms with Gasteiger partial charge >= 0.3 is 0 Å². The van der Waals surface area contributed by atoms with Gasteiger partial charge in [-0.05, 0) is 40.5 Å². The van der Waals surface area contributed by atoms with Gasteiger partial charge in [0.2, 0.25) is 0 Å². The van der Waals surface area contributed by atoms with E-state index in [1.165, 1.54) is 24.6 Å². The Morgan fingerprint density at radius 1 is 0.773 bits per heavy atom. The first-order valence-electron chi connectivity index (χ1n) is 8.82. The van der Waals surface area contributed by atoms with E-state index in [-0.39, 0.29) is 13.2 Å². The van der Waals surface area contributed by atoms with Crippen molar-refractivity contribution < 1.29 is 18.5 Å². The molecule has 0 unspecified atom stereocenters. The van der Waals surface area contributed by atoms with Crippen LogP contribution < -0.4 is 4.89 Å². The van der Waals surface area contributed by atoms with Gasteiger partial charge < -0.3 is 13.9 Å². The molecule has 0 saturated heterocycles. The van der Waals surface area contributed by atoms with Gasteiger partial charge in [0, 0.05) is 7.26 Å². The van der Waals surface area contributed by atoms with E-state index >= 15 is 0 Å². The lowest BCUT2D eigenvalue weighted by Crippen LogP contribution is -2.09. The van der Waals surface area contributed by atoms with Crippen LogP contribution in [0.5, 0.6) is 0 Å². The lowest BCUT2D eigenvalue weighted by molar-refractivity contribution is -0.225. The summed E-state index contributed by atoms with van der Waals surface area (Å²) < 4.78 is 20.2. The van der Waals surface area contributed by atoms with E-state index in [9.17, 15) is 9.46 Å². The van der Waals surface area contributed by atoms with Crippen LogP contribution in [-0.4, -0.2) is 37.9 Å². The molecule has 0 bridgehead atoms. The Hall–Kier alpha value is 0.540. The highest BCUT2D eigenvalue weighted by atomic mass is 31.2. The van der Waals surface area contributed by atoms with E-state index in [0.29, 0.717) is 0 Å². The summed E-state index contributed by atoms with van der Waals surface area (Å²) in [5.41, 5.74) is 0. The van der Waals surface area contributed by atoms with Crippen LogP contribution in [0.3, 0.4) is 0 Å². The summed E-state index contributed by atoms with van der Waals surface area (Å²) in [5.74, 6) is 0. The van der Waals surface area contributed by atoms with E-state index in [1.54, 1.807) is 0 Å². The predicted octanol–water partition coefficient (Wildman–Crippen LogP) is 5.17. The van der Waals surface area contributed by atoms with Gasteiger partial charge in [0.25, 0.3) is 7.82 Å². The van der Waals surface area contributed by atoms with Gasteiger partial charge in [0.15, 0.2) is 0 Å². The summed E-state index contributed by atoms with van der Waals surface area (Å²) in [5, 5.41) is 0. The van der Waals surface area contributed by atoms with E-state index in [0.717, 1.165) is 25.7 Å². The highest BCUT2D eigenvalue weighted by Crippen LogP contribution is 2.57. The molecular weight excluding hydrogens is 318 g/mol. The van der Waals surface area contributed by atoms with Gasteiger partial charge in [0.05, 0.1) is 37.9 Å². The summed E-state index contributed by atoms with van der Waals surface area (Å²) in [6, 6.07) is 0. The van der Waals surface area contributed by atoms with Gasteiger partial charge in [-0.25, -0.2) is 0 Å². The van der Waals surface area contributed by atoms with Crippen LogP contribution in [0.25, 0.3) is 0 Å². The lowest BCUT2D eigenvalue weighted by atomic mass is 10.4. The maximum absolute atomic E-state index is 11.0. The van der Waals surface area contributed by atoms with E-state index in [2.05, 4.69) is 36.7 Å². The Labute approximate surface area is 139 Å². The van der Waals surface area contributed by atoms with Gasteiger partial charge in [-0.1, -0.05) is 26.7 Å². The minimum atomic E-state index is -4.00. The van der Waals surface area contributed by atoms with Gasteiger partial charge in [0.1, 0.15) is 0 Å². The molecule has 6 heteroatoms. The summed E-state index contributed by atoms with van der Waals surface area (Å²) in [4.78, 5) is 11.0. The molecule has 22 heavy (non-hydrogen) atoms. The molecular formula is C16H38O4P2. The Balaban J connectivity index is 0. The summed E-state index contributed by atoms with van der Waals surface area (Å²) in [7, 11) is -4.42. The second-order valence-corrected chi connectivity index (χ2v) is 12.1. The summed E-state index contributed by atoms with van der Waals surface area (Å²) >= 11 is 0. The number of rotatable bonds is 12. The molecule has 0 spiro atoms. The summed E-state index contributed by atoms with van der Waals surface area (Å²) in [6.07, 6.45) is 9.12. The molecule has 0 radical (unpaired) electrons. The molecule has 0 N–H and O–H groups in total. The third kappa shape index (κ3) is 13.0. The standard InChI is InChI=1S/C8H19O4P.C8H20P/c1-3-5-7-11-13(9,10)12-8-6-4-2;1-5-9(6-2,7-3)8-4/h3-8H2,1-2H3,(H,9,10);5-8H2,1-4H3/q;+1/p-1. The molecule has 0 aliphatic heterocycles. The molecule has 0 aromatic heterocycles. The average molecular weight is 356 g/mol. The molecule has 0 saturated carbocycles. The van der Waals surface area contributed by atoms with Crippen LogP contribution in [0.2, 0.25) is 0 Å². The van der Waals surface area contributed by atoms with Crippen molar-refractivity contribution in [2.24, 2.45) is 0 Å². The number of hydrogen-bond donors (Lipinski definition) is 0. The molecule has 0 aliphatic carbocycles. The molecule has 0 aliphatic rings. The van der Waals surface area contributed by atoms with E-state index < -0.39 is 15.1 Å². The predicted molar refractivity (Wildman–Crippen MR) is 98.4 cm³/mol. The van der Waals surface area contributed by atoms with Crippen molar-refractivity contribution in [2.45, 2.75) is 67.2 Å². The van der Waals surface area contributed by atoms with E-state index in [1.807, 2.05) is 13.8 Å². The monoisotopic (exact) mass is 356 g/mol. The van der Waals surface area contributed by atoms with Gasteiger partial charge in [-0.2, -0.15) is 0 Å². The first-order chi connectivity index (χ1) is 10.4. The van der Waals surface area contributed by atoms with Crippen molar-refractivity contribution in [2.75, 3.05) is 37.9 Å². The minimum absolute atomic E-state index is 0.226. The van der Waals surface area contributed by atoms with Crippen molar-refractivity contribution in [3.63, 3.8) is 0 Å². The molecule has 0 rings (SSSR count). The molecule has 0 aromatic carbocycles. The van der Waals surface area contributed by atoms with Crippen molar-refractivity contribution in [1.29, 1.82) is 0 Å². The van der Waals surface area contributed by atoms with Crippen LogP contribution in [0.4, 0.5) is 0 Å². The molecule has 0 heterocycles. The smallest absolute Gasteiger partial charge is 0.267 e. The maximum atomic E-state index is 11.0. The number of phosphoric acid groups is 1. The van der Waals surface area contributed by atoms with Crippen LogP contribution in [0.1, 0.15) is 67.2 Å². The number of hydrogen-bond acceptors (Lipinski definition) is 4. The van der Waals surface area contributed by atoms with Crippen LogP contribution >= 0.6 is 15.1 Å². The van der Waals surface area contributed by atoms with Gasteiger partial charge in [-0.15, -0.1) is 0 Å². The Bertz CT molecular complexity index is 250. The highest BCUT2D eigenvalue weighted by Gasteiger charge is 2.27. The largest absolute Gasteiger partial charge is 0.756 e. The quantitative estimate of drug-likeness (QED) is 0.357. The SMILES string of the molecule is CCCCOP(=O)([O-])OCCCC.CC[P+](CC)(CC)CC. The maximum Gasteiger partial charge on any atom is 0.267 e. The molecule has 136 valence electrons. The molecule has 0 atom stereocenters. The first-order valence-corrected chi connectivity index (χ1v) is 12.8. The Morgan fingerprint density at radius 3 is 1.27 bits per heavy atom. The Morgan fingerprint density at radius 2 is 1.09 bits per heavy atom. The molecule has 0 amide bonds. The third-order valence-electron chi connectivity index (χ3n) is 4.18. The molecule has 4 nitrogen and oxygen atoms in total. The second kappa shape index (κ2) is 15.1. The molecule has 0 aromatic rings. The molecule has 0 fully saturated rings. The zero-order chi connectivity index (χ0) is 17.5. The normalized spacial score (nSPS) is 12.0. The number of unbranched alkanes of at least 4 members (excludes halogenated alkanes) is 2. The topological polar surface area (TPSA) is 58.6 Å². The van der Waals surface area contributed by atoms with Crippen molar-refractivity contribution >= 4 is 15.1 Å². The zero-order valence-electron chi connectivity index (χ0n) is 15.6. The fraction of sp³-hybridized carbons (Fsp3) is 1.00. The van der Waals surface area contributed by atoms with Crippen molar-refractivity contribution in [3.05, 3.63) is 0 Å². The first kappa shape index (κ1) is 24.8. The van der Waals surface area contributed by atoms with Crippen LogP contribution in [0, 0.1) is 0 Å². The highest BCUT2D eigenvalue weighted by molar-refractivity contribution is 7.75. The summed E-state index contributed by atoms with van der Waals surface area (Å²) in [6.45, 7) is 13.8. The lowest BCUT2D eigenvalue weighted by Gasteiger charge is -2.22. The third-order valence-corrected chi connectivity index (χ3v) is 10.5. The van der Waals surface area contributed by atoms with E-state index in [4.69, 9.17) is 0 Å². The van der Waals surface area contributed by atoms with Crippen molar-refractivity contribution in [3.8, 4) is 0 Å². The Kier molecular flexibility index (Phi) is 17.0. The fourth-order valence-electron chi connectivity index (χ4n) is 2.02. The second-order valence-electron chi connectivity index (χ2n) is 5.43. The van der Waals surface area contributed by atoms with Gasteiger partial charge in [-0.3, -0.25) is 4.57 Å². The van der Waals surface area contributed by atoms with Crippen LogP contribution in [0.15, 0.2) is 0 Å². The zero-order valence-corrected chi connectivity index (χ0v) is 17.4. The minimum Gasteiger partial charge on any atom is -0.756 e. The fourth-order valence-corrected chi connectivity index (χ4v) is 5.48. The van der Waals surface area contributed by atoms with Crippen LogP contribution in [-0.2, 0) is 13.6 Å². The number of phosphoric ester groups is 1.